The van der Waals surface area contributed by atoms with E-state index in [1.807, 2.05) is 45.0 Å². The van der Waals surface area contributed by atoms with Gasteiger partial charge in [-0.2, -0.15) is 0 Å². The second-order valence-electron chi connectivity index (χ2n) is 5.79. The molecule has 0 bridgehead atoms. The van der Waals surface area contributed by atoms with Crippen LogP contribution in [0.25, 0.3) is 0 Å². The molecule has 1 aromatic rings. The van der Waals surface area contributed by atoms with Gasteiger partial charge in [0.1, 0.15) is 5.82 Å². The van der Waals surface area contributed by atoms with Gasteiger partial charge >= 0.3 is 0 Å². The number of carbonyl (C=O) groups excluding carboxylic acids is 1. The van der Waals surface area contributed by atoms with E-state index in [1.165, 1.54) is 0 Å². The van der Waals surface area contributed by atoms with E-state index in [9.17, 15) is 4.79 Å². The van der Waals surface area contributed by atoms with Gasteiger partial charge in [-0.15, -0.1) is 0 Å². The van der Waals surface area contributed by atoms with Gasteiger partial charge < -0.3 is 10.2 Å². The van der Waals surface area contributed by atoms with Crippen molar-refractivity contribution in [3.63, 3.8) is 0 Å². The Morgan fingerprint density at radius 2 is 2.10 bits per heavy atom. The summed E-state index contributed by atoms with van der Waals surface area (Å²) in [6.07, 6.45) is 1.89. The lowest BCUT2D eigenvalue weighted by Crippen LogP contribution is -2.61. The fraction of sp³-hybridized carbons (Fsp3) is 0.600. The summed E-state index contributed by atoms with van der Waals surface area (Å²) in [5.41, 5.74) is 0.685. The molecule has 0 aliphatic carbocycles. The van der Waals surface area contributed by atoms with E-state index in [4.69, 9.17) is 0 Å². The number of nitrogens with zero attached hydrogens (tertiary/aromatic N) is 3. The van der Waals surface area contributed by atoms with E-state index in [-0.39, 0.29) is 5.91 Å². The largest absolute Gasteiger partial charge is 0.370 e. The number of amides is 1. The number of carbonyl (C=O) groups is 1. The molecule has 0 unspecified atom stereocenters. The first kappa shape index (κ1) is 14.8. The number of likely N-dealkylation sites (N-methyl/N-ethyl adjacent to an activating group) is 1. The van der Waals surface area contributed by atoms with Crippen LogP contribution in [0.15, 0.2) is 18.3 Å². The first-order valence-electron chi connectivity index (χ1n) is 7.14. The van der Waals surface area contributed by atoms with Crippen LogP contribution in [-0.4, -0.2) is 52.9 Å². The van der Waals surface area contributed by atoms with Gasteiger partial charge in [0.25, 0.3) is 0 Å². The van der Waals surface area contributed by atoms with Crippen LogP contribution in [0.3, 0.4) is 0 Å². The Bertz CT molecular complexity index is 469. The second kappa shape index (κ2) is 5.79. The molecule has 1 amide bonds. The Morgan fingerprint density at radius 1 is 1.35 bits per heavy atom. The van der Waals surface area contributed by atoms with Crippen molar-refractivity contribution in [3.8, 4) is 0 Å². The molecule has 110 valence electrons. The van der Waals surface area contributed by atoms with Gasteiger partial charge in [0.05, 0.1) is 5.54 Å². The van der Waals surface area contributed by atoms with Gasteiger partial charge in [-0.25, -0.2) is 4.98 Å². The van der Waals surface area contributed by atoms with Crippen LogP contribution in [0.1, 0.15) is 26.3 Å². The first-order valence-corrected chi connectivity index (χ1v) is 7.14. The monoisotopic (exact) mass is 276 g/mol. The minimum absolute atomic E-state index is 0.181. The van der Waals surface area contributed by atoms with Crippen LogP contribution >= 0.6 is 0 Å². The van der Waals surface area contributed by atoms with Gasteiger partial charge in [0, 0.05) is 39.4 Å². The standard InChI is InChI=1S/C15H24N4O/c1-5-16-13-7-6-12(10-17-13)11-19-9-8-18(4)14(20)15(19,2)3/h6-7,10H,5,8-9,11H2,1-4H3,(H,16,17). The minimum atomic E-state index is -0.451. The van der Waals surface area contributed by atoms with Gasteiger partial charge in [-0.1, -0.05) is 6.07 Å². The molecule has 0 radical (unpaired) electrons. The van der Waals surface area contributed by atoms with Crippen LogP contribution in [0.4, 0.5) is 5.82 Å². The number of nitrogens with one attached hydrogen (secondary N) is 1. The van der Waals surface area contributed by atoms with Crippen molar-refractivity contribution in [2.24, 2.45) is 0 Å². The summed E-state index contributed by atoms with van der Waals surface area (Å²) >= 11 is 0. The lowest BCUT2D eigenvalue weighted by Gasteiger charge is -2.44. The van der Waals surface area contributed by atoms with E-state index < -0.39 is 5.54 Å². The number of anilines is 1. The van der Waals surface area contributed by atoms with Gasteiger partial charge in [-0.05, 0) is 32.4 Å². The number of hydrogen-bond donors (Lipinski definition) is 1. The number of piperazine rings is 1. The molecule has 2 heterocycles. The number of pyridine rings is 1. The summed E-state index contributed by atoms with van der Waals surface area (Å²) in [5.74, 6) is 1.07. The maximum absolute atomic E-state index is 12.2. The van der Waals surface area contributed by atoms with E-state index in [0.29, 0.717) is 0 Å². The zero-order chi connectivity index (χ0) is 14.8. The average Bonchev–Trinajstić information content (AvgIpc) is 2.42. The van der Waals surface area contributed by atoms with E-state index in [2.05, 4.69) is 21.3 Å². The molecule has 20 heavy (non-hydrogen) atoms. The third-order valence-corrected chi connectivity index (χ3v) is 3.92. The lowest BCUT2D eigenvalue weighted by atomic mass is 9.97. The third-order valence-electron chi connectivity index (χ3n) is 3.92. The zero-order valence-electron chi connectivity index (χ0n) is 12.8. The van der Waals surface area contributed by atoms with Crippen molar-refractivity contribution < 1.29 is 4.79 Å². The molecule has 1 fully saturated rings. The highest BCUT2D eigenvalue weighted by atomic mass is 16.2. The van der Waals surface area contributed by atoms with Crippen molar-refractivity contribution in [3.05, 3.63) is 23.9 Å². The van der Waals surface area contributed by atoms with Crippen LogP contribution in [0, 0.1) is 0 Å². The fourth-order valence-electron chi connectivity index (χ4n) is 2.55. The highest BCUT2D eigenvalue weighted by molar-refractivity contribution is 5.86. The molecule has 0 spiro atoms. The molecule has 1 aliphatic rings. The first-order chi connectivity index (χ1) is 9.45. The van der Waals surface area contributed by atoms with Crippen LogP contribution < -0.4 is 5.32 Å². The maximum Gasteiger partial charge on any atom is 0.242 e. The molecule has 0 saturated carbocycles. The predicted octanol–water partition coefficient (Wildman–Crippen LogP) is 1.57. The topological polar surface area (TPSA) is 48.5 Å². The molecule has 1 aliphatic heterocycles. The van der Waals surface area contributed by atoms with Gasteiger partial charge in [0.2, 0.25) is 5.91 Å². The molecule has 1 N–H and O–H groups in total. The molecule has 0 aromatic carbocycles. The smallest absolute Gasteiger partial charge is 0.242 e. The normalized spacial score (nSPS) is 19.2. The molecule has 5 nitrogen and oxygen atoms in total. The Balaban J connectivity index is 2.07. The van der Waals surface area contributed by atoms with Crippen molar-refractivity contribution in [1.82, 2.24) is 14.8 Å². The Kier molecular flexibility index (Phi) is 4.28. The summed E-state index contributed by atoms with van der Waals surface area (Å²) in [5, 5.41) is 3.18. The maximum atomic E-state index is 12.2. The van der Waals surface area contributed by atoms with E-state index in [0.717, 1.165) is 37.6 Å². The Morgan fingerprint density at radius 3 is 2.70 bits per heavy atom. The van der Waals surface area contributed by atoms with Crippen LogP contribution in [-0.2, 0) is 11.3 Å². The van der Waals surface area contributed by atoms with E-state index >= 15 is 0 Å². The molecule has 5 heteroatoms. The van der Waals surface area contributed by atoms with Gasteiger partial charge in [0.15, 0.2) is 0 Å². The highest BCUT2D eigenvalue weighted by Gasteiger charge is 2.40. The van der Waals surface area contributed by atoms with E-state index in [1.54, 1.807) is 0 Å². The quantitative estimate of drug-likeness (QED) is 0.907. The van der Waals surface area contributed by atoms with Crippen molar-refractivity contribution >= 4 is 11.7 Å². The van der Waals surface area contributed by atoms with Crippen LogP contribution in [0.2, 0.25) is 0 Å². The molecule has 0 atom stereocenters. The molecular weight excluding hydrogens is 252 g/mol. The third kappa shape index (κ3) is 2.93. The van der Waals surface area contributed by atoms with Crippen molar-refractivity contribution in [1.29, 1.82) is 0 Å². The summed E-state index contributed by atoms with van der Waals surface area (Å²) in [7, 11) is 1.87. The fourth-order valence-corrected chi connectivity index (χ4v) is 2.55. The number of aromatic nitrogens is 1. The molecular formula is C15H24N4O. The summed E-state index contributed by atoms with van der Waals surface area (Å²) in [6, 6.07) is 4.06. The SMILES string of the molecule is CCNc1ccc(CN2CCN(C)C(=O)C2(C)C)cn1. The lowest BCUT2D eigenvalue weighted by molar-refractivity contribution is -0.147. The average molecular weight is 276 g/mol. The predicted molar refractivity (Wildman–Crippen MR) is 80.5 cm³/mol. The number of rotatable bonds is 4. The van der Waals surface area contributed by atoms with Gasteiger partial charge in [-0.3, -0.25) is 9.69 Å². The van der Waals surface area contributed by atoms with Crippen molar-refractivity contribution in [2.75, 3.05) is 32.0 Å². The second-order valence-corrected chi connectivity index (χ2v) is 5.79. The number of hydrogen-bond acceptors (Lipinski definition) is 4. The highest BCUT2D eigenvalue weighted by Crippen LogP contribution is 2.23. The zero-order valence-corrected chi connectivity index (χ0v) is 12.8. The summed E-state index contributed by atoms with van der Waals surface area (Å²) in [6.45, 7) is 9.33. The molecule has 1 saturated heterocycles. The van der Waals surface area contributed by atoms with Crippen LogP contribution in [0.5, 0.6) is 0 Å². The Hall–Kier alpha value is -1.62. The minimum Gasteiger partial charge on any atom is -0.370 e. The Labute approximate surface area is 121 Å². The summed E-state index contributed by atoms with van der Waals surface area (Å²) < 4.78 is 0. The molecule has 1 aromatic heterocycles. The summed E-state index contributed by atoms with van der Waals surface area (Å²) in [4.78, 5) is 20.7. The van der Waals surface area contributed by atoms with Crippen molar-refractivity contribution in [2.45, 2.75) is 32.9 Å². The molecule has 2 rings (SSSR count).